The second kappa shape index (κ2) is 6.04. The number of hydrogen-bond donors (Lipinski definition) is 2. The Balaban J connectivity index is 1.80. The summed E-state index contributed by atoms with van der Waals surface area (Å²) in [5.41, 5.74) is 8.98. The highest BCUT2D eigenvalue weighted by atomic mass is 15.1. The van der Waals surface area contributed by atoms with Crippen LogP contribution in [-0.4, -0.2) is 14.4 Å². The highest BCUT2D eigenvalue weighted by Crippen LogP contribution is 2.27. The Kier molecular flexibility index (Phi) is 3.59. The van der Waals surface area contributed by atoms with Crippen molar-refractivity contribution in [2.45, 2.75) is 6.04 Å². The first kappa shape index (κ1) is 14.3. The van der Waals surface area contributed by atoms with Crippen LogP contribution in [0.3, 0.4) is 0 Å². The van der Waals surface area contributed by atoms with Gasteiger partial charge in [0.15, 0.2) is 11.5 Å². The van der Waals surface area contributed by atoms with E-state index < -0.39 is 0 Å². The minimum absolute atomic E-state index is 0.0241. The van der Waals surface area contributed by atoms with E-state index in [-0.39, 0.29) is 6.04 Å². The van der Waals surface area contributed by atoms with Crippen LogP contribution in [0, 0.1) is 0 Å². The van der Waals surface area contributed by atoms with Gasteiger partial charge >= 0.3 is 0 Å². The van der Waals surface area contributed by atoms with Gasteiger partial charge in [0.1, 0.15) is 5.82 Å². The molecule has 5 heteroatoms. The monoisotopic (exact) mass is 315 g/mol. The van der Waals surface area contributed by atoms with Gasteiger partial charge in [0.05, 0.1) is 12.2 Å². The summed E-state index contributed by atoms with van der Waals surface area (Å²) in [6, 6.07) is 20.6. The maximum Gasteiger partial charge on any atom is 0.181 e. The molecule has 0 aliphatic carbocycles. The SMILES string of the molecule is Nc1cnc2c(NC(c3ccccc3)c3ccccc3)nccn12. The number of aromatic nitrogens is 3. The molecule has 0 spiro atoms. The first-order valence-electron chi connectivity index (χ1n) is 7.77. The summed E-state index contributed by atoms with van der Waals surface area (Å²) in [4.78, 5) is 8.83. The average Bonchev–Trinajstić information content (AvgIpc) is 3.03. The van der Waals surface area contributed by atoms with Gasteiger partial charge in [-0.3, -0.25) is 4.40 Å². The molecule has 0 fully saturated rings. The van der Waals surface area contributed by atoms with Gasteiger partial charge in [0.25, 0.3) is 0 Å². The van der Waals surface area contributed by atoms with Crippen LogP contribution in [0.5, 0.6) is 0 Å². The van der Waals surface area contributed by atoms with Crippen molar-refractivity contribution in [3.05, 3.63) is 90.4 Å². The van der Waals surface area contributed by atoms with Crippen LogP contribution in [0.25, 0.3) is 5.65 Å². The molecule has 2 aromatic carbocycles. The van der Waals surface area contributed by atoms with E-state index in [1.54, 1.807) is 12.4 Å². The van der Waals surface area contributed by atoms with Gasteiger partial charge in [-0.15, -0.1) is 0 Å². The number of benzene rings is 2. The lowest BCUT2D eigenvalue weighted by atomic mass is 9.99. The maximum absolute atomic E-state index is 5.94. The molecule has 4 aromatic rings. The molecule has 24 heavy (non-hydrogen) atoms. The number of nitrogens with zero attached hydrogens (tertiary/aromatic N) is 3. The lowest BCUT2D eigenvalue weighted by molar-refractivity contribution is 0.923. The molecular formula is C19H17N5. The molecule has 3 N–H and O–H groups in total. The average molecular weight is 315 g/mol. The minimum atomic E-state index is -0.0241. The number of nitrogens with one attached hydrogen (secondary N) is 1. The standard InChI is InChI=1S/C19H17N5/c20-16-13-22-19-18(21-11-12-24(16)19)23-17(14-7-3-1-4-8-14)15-9-5-2-6-10-15/h1-13,17H,20H2,(H,21,23). The summed E-state index contributed by atoms with van der Waals surface area (Å²) in [6.07, 6.45) is 5.17. The topological polar surface area (TPSA) is 68.2 Å². The second-order valence-electron chi connectivity index (χ2n) is 5.55. The van der Waals surface area contributed by atoms with Crippen molar-refractivity contribution in [3.63, 3.8) is 0 Å². The molecule has 2 aromatic heterocycles. The van der Waals surface area contributed by atoms with Crippen molar-refractivity contribution in [2.75, 3.05) is 11.1 Å². The Morgan fingerprint density at radius 3 is 2.12 bits per heavy atom. The number of nitrogen functional groups attached to an aromatic ring is 1. The third-order valence-electron chi connectivity index (χ3n) is 4.00. The molecule has 0 amide bonds. The molecular weight excluding hydrogens is 298 g/mol. The Morgan fingerprint density at radius 1 is 0.875 bits per heavy atom. The number of fused-ring (bicyclic) bond motifs is 1. The van der Waals surface area contributed by atoms with Crippen molar-refractivity contribution >= 4 is 17.3 Å². The predicted octanol–water partition coefficient (Wildman–Crippen LogP) is 3.51. The highest BCUT2D eigenvalue weighted by molar-refractivity contribution is 5.66. The van der Waals surface area contributed by atoms with Crippen LogP contribution < -0.4 is 11.1 Å². The summed E-state index contributed by atoms with van der Waals surface area (Å²) in [7, 11) is 0. The van der Waals surface area contributed by atoms with Gasteiger partial charge in [0, 0.05) is 12.4 Å². The summed E-state index contributed by atoms with van der Waals surface area (Å²) in [6.45, 7) is 0. The van der Waals surface area contributed by atoms with E-state index in [9.17, 15) is 0 Å². The van der Waals surface area contributed by atoms with Gasteiger partial charge in [-0.25, -0.2) is 9.97 Å². The number of anilines is 2. The minimum Gasteiger partial charge on any atom is -0.383 e. The first-order chi connectivity index (χ1) is 11.8. The zero-order valence-electron chi connectivity index (χ0n) is 13.0. The number of nitrogens with two attached hydrogens (primary N) is 1. The number of rotatable bonds is 4. The third kappa shape index (κ3) is 2.56. The summed E-state index contributed by atoms with van der Waals surface area (Å²) < 4.78 is 1.82. The van der Waals surface area contributed by atoms with Crippen molar-refractivity contribution in [1.82, 2.24) is 14.4 Å². The van der Waals surface area contributed by atoms with Gasteiger partial charge in [-0.2, -0.15) is 0 Å². The maximum atomic E-state index is 5.94. The third-order valence-corrected chi connectivity index (χ3v) is 4.00. The van der Waals surface area contributed by atoms with E-state index >= 15 is 0 Å². The predicted molar refractivity (Wildman–Crippen MR) is 95.7 cm³/mol. The van der Waals surface area contributed by atoms with Gasteiger partial charge in [-0.05, 0) is 11.1 Å². The lowest BCUT2D eigenvalue weighted by Crippen LogP contribution is -2.14. The fraction of sp³-hybridized carbons (Fsp3) is 0.0526. The first-order valence-corrected chi connectivity index (χ1v) is 7.77. The second-order valence-corrected chi connectivity index (χ2v) is 5.55. The molecule has 2 heterocycles. The molecule has 4 rings (SSSR count). The van der Waals surface area contributed by atoms with Crippen LogP contribution >= 0.6 is 0 Å². The molecule has 118 valence electrons. The van der Waals surface area contributed by atoms with E-state index in [0.29, 0.717) is 17.3 Å². The fourth-order valence-electron chi connectivity index (χ4n) is 2.83. The normalized spacial score (nSPS) is 11.0. The molecule has 5 nitrogen and oxygen atoms in total. The van der Waals surface area contributed by atoms with E-state index in [2.05, 4.69) is 39.6 Å². The van der Waals surface area contributed by atoms with Crippen molar-refractivity contribution in [1.29, 1.82) is 0 Å². The molecule has 0 aliphatic heterocycles. The lowest BCUT2D eigenvalue weighted by Gasteiger charge is -2.20. The van der Waals surface area contributed by atoms with E-state index in [1.165, 1.54) is 0 Å². The van der Waals surface area contributed by atoms with Crippen LogP contribution in [0.4, 0.5) is 11.6 Å². The summed E-state index contributed by atoms with van der Waals surface area (Å²) in [5.74, 6) is 1.29. The molecule has 0 unspecified atom stereocenters. The van der Waals surface area contributed by atoms with Crippen LogP contribution in [0.15, 0.2) is 79.3 Å². The van der Waals surface area contributed by atoms with Crippen molar-refractivity contribution in [3.8, 4) is 0 Å². The molecule has 0 atom stereocenters. The Bertz CT molecular complexity index is 908. The van der Waals surface area contributed by atoms with Crippen LogP contribution in [-0.2, 0) is 0 Å². The highest BCUT2D eigenvalue weighted by Gasteiger charge is 2.16. The largest absolute Gasteiger partial charge is 0.383 e. The van der Waals surface area contributed by atoms with Crippen molar-refractivity contribution in [2.24, 2.45) is 0 Å². The van der Waals surface area contributed by atoms with E-state index in [4.69, 9.17) is 5.73 Å². The number of hydrogen-bond acceptors (Lipinski definition) is 4. The smallest absolute Gasteiger partial charge is 0.181 e. The molecule has 0 saturated heterocycles. The quantitative estimate of drug-likeness (QED) is 0.604. The molecule has 0 saturated carbocycles. The summed E-state index contributed by atoms with van der Waals surface area (Å²) >= 11 is 0. The van der Waals surface area contributed by atoms with Gasteiger partial charge in [0.2, 0.25) is 0 Å². The zero-order valence-corrected chi connectivity index (χ0v) is 13.0. The van der Waals surface area contributed by atoms with Crippen LogP contribution in [0.2, 0.25) is 0 Å². The van der Waals surface area contributed by atoms with Crippen LogP contribution in [0.1, 0.15) is 17.2 Å². The van der Waals surface area contributed by atoms with E-state index in [1.807, 2.05) is 47.0 Å². The molecule has 0 aliphatic rings. The zero-order chi connectivity index (χ0) is 16.4. The Labute approximate surface area is 139 Å². The van der Waals surface area contributed by atoms with Gasteiger partial charge < -0.3 is 11.1 Å². The number of imidazole rings is 1. The Hall–Kier alpha value is -3.34. The van der Waals surface area contributed by atoms with Gasteiger partial charge in [-0.1, -0.05) is 60.7 Å². The molecule has 0 bridgehead atoms. The molecule has 0 radical (unpaired) electrons. The Morgan fingerprint density at radius 2 is 1.50 bits per heavy atom. The van der Waals surface area contributed by atoms with Crippen molar-refractivity contribution < 1.29 is 0 Å². The van der Waals surface area contributed by atoms with E-state index in [0.717, 1.165) is 11.1 Å². The fourth-order valence-corrected chi connectivity index (χ4v) is 2.83. The summed E-state index contributed by atoms with van der Waals surface area (Å²) in [5, 5.41) is 3.52.